The van der Waals surface area contributed by atoms with Gasteiger partial charge in [0.05, 0.1) is 29.5 Å². The third-order valence-corrected chi connectivity index (χ3v) is 6.87. The number of hydrogen-bond acceptors (Lipinski definition) is 7. The zero-order valence-electron chi connectivity index (χ0n) is 18.2. The van der Waals surface area contributed by atoms with Crippen LogP contribution in [-0.4, -0.2) is 45.9 Å². The number of rotatable bonds is 7. The lowest BCUT2D eigenvalue weighted by molar-refractivity contribution is 0.183. The van der Waals surface area contributed by atoms with Crippen LogP contribution in [0.1, 0.15) is 50.9 Å². The van der Waals surface area contributed by atoms with E-state index in [-0.39, 0.29) is 0 Å². The minimum atomic E-state index is 0.624. The first-order valence-corrected chi connectivity index (χ1v) is 11.7. The largest absolute Gasteiger partial charge is 0.328 e. The van der Waals surface area contributed by atoms with Crippen LogP contribution in [0.4, 0.5) is 10.8 Å². The number of hydrogen-bond donors (Lipinski definition) is 2. The van der Waals surface area contributed by atoms with Crippen molar-refractivity contribution in [3.8, 4) is 11.3 Å². The van der Waals surface area contributed by atoms with Crippen LogP contribution in [0.25, 0.3) is 16.9 Å². The molecule has 1 aliphatic rings. The summed E-state index contributed by atoms with van der Waals surface area (Å²) in [6, 6.07) is 3.46. The van der Waals surface area contributed by atoms with Crippen LogP contribution in [0.15, 0.2) is 30.9 Å². The Morgan fingerprint density at radius 3 is 3.00 bits per heavy atom. The SMILES string of the molecule is CCCC1CCC(C)N1Cc1cc(Nc2nc(C)cn3c(-c4cn[nH]c4)cnc23)sn1. The predicted molar refractivity (Wildman–Crippen MR) is 124 cm³/mol. The summed E-state index contributed by atoms with van der Waals surface area (Å²) in [6.45, 7) is 7.51. The van der Waals surface area contributed by atoms with Crippen molar-refractivity contribution in [2.75, 3.05) is 5.32 Å². The van der Waals surface area contributed by atoms with Crippen molar-refractivity contribution in [2.45, 2.75) is 65.1 Å². The second kappa shape index (κ2) is 8.39. The minimum absolute atomic E-state index is 0.624. The van der Waals surface area contributed by atoms with Crippen LogP contribution in [0.2, 0.25) is 0 Å². The molecule has 162 valence electrons. The van der Waals surface area contributed by atoms with E-state index in [9.17, 15) is 0 Å². The molecular weight excluding hydrogens is 408 g/mol. The van der Waals surface area contributed by atoms with Crippen LogP contribution >= 0.6 is 11.5 Å². The Morgan fingerprint density at radius 2 is 2.19 bits per heavy atom. The molecule has 1 fully saturated rings. The molecule has 0 amide bonds. The van der Waals surface area contributed by atoms with Gasteiger partial charge in [0.1, 0.15) is 5.00 Å². The van der Waals surface area contributed by atoms with Crippen molar-refractivity contribution in [3.05, 3.63) is 42.2 Å². The molecule has 0 saturated carbocycles. The summed E-state index contributed by atoms with van der Waals surface area (Å²) in [5.74, 6) is 0.739. The van der Waals surface area contributed by atoms with Crippen LogP contribution in [0, 0.1) is 6.92 Å². The third-order valence-electron chi connectivity index (χ3n) is 6.13. The molecule has 31 heavy (non-hydrogen) atoms. The maximum atomic E-state index is 4.72. The lowest BCUT2D eigenvalue weighted by atomic mass is 10.1. The van der Waals surface area contributed by atoms with E-state index in [1.165, 1.54) is 37.2 Å². The van der Waals surface area contributed by atoms with Crippen molar-refractivity contribution in [3.63, 3.8) is 0 Å². The lowest BCUT2D eigenvalue weighted by Crippen LogP contribution is -2.33. The van der Waals surface area contributed by atoms with Crippen molar-refractivity contribution in [2.24, 2.45) is 0 Å². The maximum Gasteiger partial charge on any atom is 0.180 e. The van der Waals surface area contributed by atoms with E-state index in [1.54, 1.807) is 6.20 Å². The molecule has 0 spiro atoms. The Balaban J connectivity index is 1.38. The summed E-state index contributed by atoms with van der Waals surface area (Å²) >= 11 is 1.48. The number of aromatic nitrogens is 6. The molecule has 5 heterocycles. The van der Waals surface area contributed by atoms with E-state index in [4.69, 9.17) is 9.36 Å². The van der Waals surface area contributed by atoms with Crippen molar-refractivity contribution >= 4 is 28.0 Å². The van der Waals surface area contributed by atoms with Crippen LogP contribution in [-0.2, 0) is 6.54 Å². The molecule has 1 aliphatic heterocycles. The highest BCUT2D eigenvalue weighted by Gasteiger charge is 2.30. The fourth-order valence-electron chi connectivity index (χ4n) is 4.60. The number of likely N-dealkylation sites (tertiary alicyclic amines) is 1. The van der Waals surface area contributed by atoms with Gasteiger partial charge in [0.2, 0.25) is 0 Å². The first kappa shape index (κ1) is 20.1. The molecule has 8 nitrogen and oxygen atoms in total. The number of aromatic amines is 1. The molecule has 0 aliphatic carbocycles. The van der Waals surface area contributed by atoms with Crippen LogP contribution in [0.3, 0.4) is 0 Å². The number of H-pyrrole nitrogens is 1. The molecule has 0 bridgehead atoms. The lowest BCUT2D eigenvalue weighted by Gasteiger charge is -2.27. The van der Waals surface area contributed by atoms with Gasteiger partial charge in [-0.2, -0.15) is 9.47 Å². The molecular formula is C22H28N8S. The smallest absolute Gasteiger partial charge is 0.180 e. The fraction of sp³-hybridized carbons (Fsp3) is 0.455. The van der Waals surface area contributed by atoms with Gasteiger partial charge in [0.15, 0.2) is 11.5 Å². The van der Waals surface area contributed by atoms with Gasteiger partial charge < -0.3 is 5.32 Å². The summed E-state index contributed by atoms with van der Waals surface area (Å²) < 4.78 is 6.78. The highest BCUT2D eigenvalue weighted by Crippen LogP contribution is 2.31. The molecule has 1 saturated heterocycles. The number of imidazole rings is 1. The Hall–Kier alpha value is -2.78. The van der Waals surface area contributed by atoms with E-state index >= 15 is 0 Å². The van der Waals surface area contributed by atoms with Gasteiger partial charge in [0, 0.05) is 36.6 Å². The van der Waals surface area contributed by atoms with E-state index in [0.717, 1.165) is 45.7 Å². The first-order valence-electron chi connectivity index (χ1n) is 10.9. The number of nitrogens with zero attached hydrogens (tertiary/aromatic N) is 6. The molecule has 0 radical (unpaired) electrons. The molecule has 9 heteroatoms. The predicted octanol–water partition coefficient (Wildman–Crippen LogP) is 4.78. The summed E-state index contributed by atoms with van der Waals surface area (Å²) in [5.41, 5.74) is 4.79. The summed E-state index contributed by atoms with van der Waals surface area (Å²) in [7, 11) is 0. The zero-order valence-corrected chi connectivity index (χ0v) is 19.0. The van der Waals surface area contributed by atoms with Crippen LogP contribution < -0.4 is 5.32 Å². The Bertz CT molecular complexity index is 1160. The summed E-state index contributed by atoms with van der Waals surface area (Å²) in [5, 5.41) is 11.4. The molecule has 5 rings (SSSR count). The van der Waals surface area contributed by atoms with Gasteiger partial charge in [-0.1, -0.05) is 13.3 Å². The number of nitrogens with one attached hydrogen (secondary N) is 2. The van der Waals surface area contributed by atoms with Gasteiger partial charge in [-0.15, -0.1) is 0 Å². The monoisotopic (exact) mass is 436 g/mol. The van der Waals surface area contributed by atoms with Crippen LogP contribution in [0.5, 0.6) is 0 Å². The van der Waals surface area contributed by atoms with Gasteiger partial charge >= 0.3 is 0 Å². The maximum absolute atomic E-state index is 4.72. The average molecular weight is 437 g/mol. The van der Waals surface area contributed by atoms with Crippen molar-refractivity contribution in [1.82, 2.24) is 33.8 Å². The van der Waals surface area contributed by atoms with E-state index in [2.05, 4.69) is 49.7 Å². The summed E-state index contributed by atoms with van der Waals surface area (Å²) in [4.78, 5) is 11.9. The topological polar surface area (TPSA) is 87.0 Å². The highest BCUT2D eigenvalue weighted by atomic mass is 32.1. The minimum Gasteiger partial charge on any atom is -0.328 e. The zero-order chi connectivity index (χ0) is 21.4. The Morgan fingerprint density at radius 1 is 1.29 bits per heavy atom. The number of anilines is 2. The normalized spacial score (nSPS) is 19.5. The first-order chi connectivity index (χ1) is 15.1. The molecule has 4 aromatic rings. The molecule has 2 N–H and O–H groups in total. The molecule has 2 atom stereocenters. The summed E-state index contributed by atoms with van der Waals surface area (Å²) in [6.07, 6.45) is 12.6. The van der Waals surface area contributed by atoms with E-state index < -0.39 is 0 Å². The molecule has 4 aromatic heterocycles. The Labute approximate surface area is 185 Å². The van der Waals surface area contributed by atoms with E-state index in [1.807, 2.05) is 25.5 Å². The number of aryl methyl sites for hydroxylation is 1. The Kier molecular flexibility index (Phi) is 5.45. The molecule has 2 unspecified atom stereocenters. The van der Waals surface area contributed by atoms with Crippen molar-refractivity contribution in [1.29, 1.82) is 0 Å². The fourth-order valence-corrected chi connectivity index (χ4v) is 5.26. The van der Waals surface area contributed by atoms with Gasteiger partial charge in [-0.3, -0.25) is 14.4 Å². The standard InChI is InChI=1S/C22H28N8S/c1-4-5-18-7-6-15(3)29(18)13-17-8-20(31-28-17)27-21-22-23-11-19(16-9-24-25-10-16)30(22)12-14(2)26-21/h8-12,15,18H,4-7,13H2,1-3H3,(H,24,25)(H,26,27). The van der Waals surface area contributed by atoms with Gasteiger partial charge in [0.25, 0.3) is 0 Å². The third kappa shape index (κ3) is 3.95. The second-order valence-corrected chi connectivity index (χ2v) is 9.21. The van der Waals surface area contributed by atoms with E-state index in [0.29, 0.717) is 12.1 Å². The molecule has 0 aromatic carbocycles. The van der Waals surface area contributed by atoms with Gasteiger partial charge in [-0.05, 0) is 50.7 Å². The number of fused-ring (bicyclic) bond motifs is 1. The van der Waals surface area contributed by atoms with Gasteiger partial charge in [-0.25, -0.2) is 9.97 Å². The second-order valence-electron chi connectivity index (χ2n) is 8.40. The average Bonchev–Trinajstić information content (AvgIpc) is 3.52. The van der Waals surface area contributed by atoms with Crippen molar-refractivity contribution < 1.29 is 0 Å². The highest BCUT2D eigenvalue weighted by molar-refractivity contribution is 7.10. The quantitative estimate of drug-likeness (QED) is 0.433.